The fourth-order valence-corrected chi connectivity index (χ4v) is 1.07. The number of carbonyl (C=O) groups excluding carboxylic acids is 1. The van der Waals surface area contributed by atoms with Crippen molar-refractivity contribution in [1.82, 2.24) is 0 Å². The van der Waals surface area contributed by atoms with Crippen LogP contribution >= 0.6 is 0 Å². The first-order chi connectivity index (χ1) is 7.33. The molecule has 0 aliphatic heterocycles. The van der Waals surface area contributed by atoms with E-state index in [-0.39, 0.29) is 5.88 Å². The number of carbonyl (C=O) groups is 1. The number of nitriles is 1. The van der Waals surface area contributed by atoms with Crippen LogP contribution in [0.4, 0.5) is 10.7 Å². The highest BCUT2D eigenvalue weighted by Crippen LogP contribution is 2.21. The summed E-state index contributed by atoms with van der Waals surface area (Å²) >= 11 is 0. The maximum absolute atomic E-state index is 11.4. The van der Waals surface area contributed by atoms with Crippen molar-refractivity contribution in [2.45, 2.75) is 33.3 Å². The Balaban J connectivity index is 2.75. The third-order valence-corrected chi connectivity index (χ3v) is 1.70. The van der Waals surface area contributed by atoms with E-state index in [0.717, 1.165) is 0 Å². The van der Waals surface area contributed by atoms with Gasteiger partial charge in [0.15, 0.2) is 0 Å². The van der Waals surface area contributed by atoms with Gasteiger partial charge in [-0.2, -0.15) is 5.26 Å². The molecule has 1 N–H and O–H groups in total. The third-order valence-electron chi connectivity index (χ3n) is 1.70. The summed E-state index contributed by atoms with van der Waals surface area (Å²) in [6.45, 7) is 6.99. The molecule has 1 aromatic rings. The molecular formula is C11H14N2O3. The van der Waals surface area contributed by atoms with Gasteiger partial charge in [0, 0.05) is 5.56 Å². The molecule has 5 heteroatoms. The average Bonchev–Trinajstić information content (AvgIpc) is 2.43. The van der Waals surface area contributed by atoms with E-state index in [0.29, 0.717) is 11.1 Å². The van der Waals surface area contributed by atoms with Gasteiger partial charge in [0.25, 0.3) is 0 Å². The van der Waals surface area contributed by atoms with E-state index in [1.54, 1.807) is 27.7 Å². The lowest BCUT2D eigenvalue weighted by Crippen LogP contribution is -2.27. The summed E-state index contributed by atoms with van der Waals surface area (Å²) in [5, 5.41) is 11.2. The molecule has 0 saturated heterocycles. The lowest BCUT2D eigenvalue weighted by atomic mass is 10.2. The predicted octanol–water partition coefficient (Wildman–Crippen LogP) is 2.81. The van der Waals surface area contributed by atoms with Gasteiger partial charge < -0.3 is 9.15 Å². The van der Waals surface area contributed by atoms with Crippen LogP contribution in [0.2, 0.25) is 0 Å². The molecule has 1 heterocycles. The summed E-state index contributed by atoms with van der Waals surface area (Å²) < 4.78 is 10.1. The first-order valence-electron chi connectivity index (χ1n) is 4.81. The molecule has 0 aliphatic rings. The van der Waals surface area contributed by atoms with Crippen molar-refractivity contribution in [1.29, 1.82) is 5.26 Å². The number of nitrogens with zero attached hydrogens (tertiary/aromatic N) is 1. The van der Waals surface area contributed by atoms with Gasteiger partial charge in [0.1, 0.15) is 17.2 Å². The monoisotopic (exact) mass is 222 g/mol. The summed E-state index contributed by atoms with van der Waals surface area (Å²) in [5.41, 5.74) is 0.401. The summed E-state index contributed by atoms with van der Waals surface area (Å²) in [6, 6.07) is 1.95. The SMILES string of the molecule is Cc1coc(NC(=O)OC(C)(C)C)c1C#N. The Morgan fingerprint density at radius 2 is 2.19 bits per heavy atom. The van der Waals surface area contributed by atoms with Crippen LogP contribution in [-0.2, 0) is 4.74 Å². The lowest BCUT2D eigenvalue weighted by molar-refractivity contribution is 0.0632. The Bertz CT molecular complexity index is 435. The van der Waals surface area contributed by atoms with E-state index in [2.05, 4.69) is 5.32 Å². The summed E-state index contributed by atoms with van der Waals surface area (Å²) in [6.07, 6.45) is 0.768. The summed E-state index contributed by atoms with van der Waals surface area (Å²) in [7, 11) is 0. The first-order valence-corrected chi connectivity index (χ1v) is 4.81. The van der Waals surface area contributed by atoms with Crippen LogP contribution in [0.3, 0.4) is 0 Å². The van der Waals surface area contributed by atoms with Crippen molar-refractivity contribution in [2.24, 2.45) is 0 Å². The van der Waals surface area contributed by atoms with Gasteiger partial charge in [-0.1, -0.05) is 0 Å². The minimum atomic E-state index is -0.640. The molecule has 1 aromatic heterocycles. The van der Waals surface area contributed by atoms with Crippen LogP contribution in [0.5, 0.6) is 0 Å². The maximum Gasteiger partial charge on any atom is 0.414 e. The Hall–Kier alpha value is -1.96. The van der Waals surface area contributed by atoms with Gasteiger partial charge in [0.2, 0.25) is 5.88 Å². The van der Waals surface area contributed by atoms with Gasteiger partial charge in [-0.15, -0.1) is 0 Å². The zero-order chi connectivity index (χ0) is 12.3. The van der Waals surface area contributed by atoms with Crippen molar-refractivity contribution in [3.05, 3.63) is 17.4 Å². The lowest BCUT2D eigenvalue weighted by Gasteiger charge is -2.19. The zero-order valence-corrected chi connectivity index (χ0v) is 9.75. The molecule has 0 fully saturated rings. The molecule has 0 atom stereocenters. The van der Waals surface area contributed by atoms with Crippen LogP contribution < -0.4 is 5.32 Å². The molecule has 1 amide bonds. The normalized spacial score (nSPS) is 10.7. The Morgan fingerprint density at radius 1 is 1.56 bits per heavy atom. The molecular weight excluding hydrogens is 208 g/mol. The van der Waals surface area contributed by atoms with Gasteiger partial charge in [-0.25, -0.2) is 4.79 Å². The first kappa shape index (κ1) is 12.1. The van der Waals surface area contributed by atoms with E-state index in [1.165, 1.54) is 6.26 Å². The van der Waals surface area contributed by atoms with Crippen LogP contribution in [0.15, 0.2) is 10.7 Å². The van der Waals surface area contributed by atoms with Crippen LogP contribution in [0.25, 0.3) is 0 Å². The smallest absolute Gasteiger partial charge is 0.414 e. The van der Waals surface area contributed by atoms with Gasteiger partial charge in [0.05, 0.1) is 6.26 Å². The molecule has 0 bridgehead atoms. The van der Waals surface area contributed by atoms with Crippen molar-refractivity contribution in [2.75, 3.05) is 5.32 Å². The highest BCUT2D eigenvalue weighted by molar-refractivity contribution is 5.85. The minimum absolute atomic E-state index is 0.120. The number of aryl methyl sites for hydroxylation is 1. The van der Waals surface area contributed by atoms with Gasteiger partial charge in [-0.05, 0) is 27.7 Å². The highest BCUT2D eigenvalue weighted by Gasteiger charge is 2.19. The number of rotatable bonds is 1. The zero-order valence-electron chi connectivity index (χ0n) is 9.75. The second-order valence-electron chi connectivity index (χ2n) is 4.36. The molecule has 0 unspecified atom stereocenters. The van der Waals surface area contributed by atoms with E-state index in [9.17, 15) is 4.79 Å². The largest absolute Gasteiger partial charge is 0.447 e. The number of hydrogen-bond acceptors (Lipinski definition) is 4. The highest BCUT2D eigenvalue weighted by atomic mass is 16.6. The number of anilines is 1. The van der Waals surface area contributed by atoms with Crippen molar-refractivity contribution < 1.29 is 13.9 Å². The predicted molar refractivity (Wildman–Crippen MR) is 58.0 cm³/mol. The third kappa shape index (κ3) is 3.02. The fraction of sp³-hybridized carbons (Fsp3) is 0.455. The molecule has 1 rings (SSSR count). The van der Waals surface area contributed by atoms with Crippen LogP contribution in [-0.4, -0.2) is 11.7 Å². The Kier molecular flexibility index (Phi) is 3.23. The van der Waals surface area contributed by atoms with Crippen molar-refractivity contribution >= 4 is 12.0 Å². The van der Waals surface area contributed by atoms with Crippen molar-refractivity contribution in [3.63, 3.8) is 0 Å². The standard InChI is InChI=1S/C11H14N2O3/c1-7-6-15-9(8(7)5-12)13-10(14)16-11(2,3)4/h6H,1-4H3,(H,13,14). The average molecular weight is 222 g/mol. The number of ether oxygens (including phenoxy) is 1. The molecule has 5 nitrogen and oxygen atoms in total. The Morgan fingerprint density at radius 3 is 2.69 bits per heavy atom. The van der Waals surface area contributed by atoms with E-state index in [1.807, 2.05) is 6.07 Å². The molecule has 0 saturated carbocycles. The maximum atomic E-state index is 11.4. The van der Waals surface area contributed by atoms with E-state index in [4.69, 9.17) is 14.4 Å². The van der Waals surface area contributed by atoms with Crippen molar-refractivity contribution in [3.8, 4) is 6.07 Å². The fourth-order valence-electron chi connectivity index (χ4n) is 1.07. The minimum Gasteiger partial charge on any atom is -0.447 e. The number of nitrogens with one attached hydrogen (secondary N) is 1. The van der Waals surface area contributed by atoms with E-state index >= 15 is 0 Å². The second-order valence-corrected chi connectivity index (χ2v) is 4.36. The molecule has 0 spiro atoms. The quantitative estimate of drug-likeness (QED) is 0.792. The van der Waals surface area contributed by atoms with E-state index < -0.39 is 11.7 Å². The van der Waals surface area contributed by atoms with Crippen LogP contribution in [0, 0.1) is 18.3 Å². The number of furan rings is 1. The summed E-state index contributed by atoms with van der Waals surface area (Å²) in [4.78, 5) is 11.4. The molecule has 0 aliphatic carbocycles. The van der Waals surface area contributed by atoms with Gasteiger partial charge in [-0.3, -0.25) is 5.32 Å². The van der Waals surface area contributed by atoms with Crippen LogP contribution in [0.1, 0.15) is 31.9 Å². The second kappa shape index (κ2) is 4.27. The number of amides is 1. The Labute approximate surface area is 94.0 Å². The molecule has 0 radical (unpaired) electrons. The molecule has 0 aromatic carbocycles. The summed E-state index contributed by atoms with van der Waals surface area (Å²) in [5.74, 6) is 0.120. The topological polar surface area (TPSA) is 75.3 Å². The van der Waals surface area contributed by atoms with Gasteiger partial charge >= 0.3 is 6.09 Å². The number of hydrogen-bond donors (Lipinski definition) is 1. The molecule has 86 valence electrons. The molecule has 16 heavy (non-hydrogen) atoms.